The number of hydrogen-bond donors (Lipinski definition) is 0. The molecule has 4 heteroatoms. The van der Waals surface area contributed by atoms with Gasteiger partial charge in [-0.1, -0.05) is 17.7 Å². The van der Waals surface area contributed by atoms with E-state index in [0.29, 0.717) is 0 Å². The van der Waals surface area contributed by atoms with Gasteiger partial charge in [-0.05, 0) is 37.7 Å². The second-order valence-corrected chi connectivity index (χ2v) is 6.21. The Labute approximate surface area is 115 Å². The third-order valence-corrected chi connectivity index (χ3v) is 4.12. The van der Waals surface area contributed by atoms with Crippen LogP contribution >= 0.6 is 22.9 Å². The summed E-state index contributed by atoms with van der Waals surface area (Å²) in [5.41, 5.74) is 0. The van der Waals surface area contributed by atoms with Gasteiger partial charge in [0.15, 0.2) is 0 Å². The van der Waals surface area contributed by atoms with Crippen molar-refractivity contribution < 1.29 is 0 Å². The van der Waals surface area contributed by atoms with E-state index in [1.54, 1.807) is 11.3 Å². The Hall–Kier alpha value is -1.16. The average Bonchev–Trinajstić information content (AvgIpc) is 2.70. The number of halogens is 1. The average molecular weight is 277 g/mol. The lowest BCUT2D eigenvalue weighted by Crippen LogP contribution is -2.09. The monoisotopic (exact) mass is 276 g/mol. The van der Waals surface area contributed by atoms with Crippen LogP contribution in [0.2, 0.25) is 5.02 Å². The third-order valence-electron chi connectivity index (χ3n) is 2.86. The van der Waals surface area contributed by atoms with E-state index in [0.717, 1.165) is 21.8 Å². The number of benzene rings is 1. The van der Waals surface area contributed by atoms with Crippen LogP contribution < -0.4 is 0 Å². The Morgan fingerprint density at radius 2 is 2.06 bits per heavy atom. The summed E-state index contributed by atoms with van der Waals surface area (Å²) < 4.78 is 0. The van der Waals surface area contributed by atoms with Gasteiger partial charge in [-0.15, -0.1) is 11.3 Å². The summed E-state index contributed by atoms with van der Waals surface area (Å²) in [7, 11) is 4.15. The number of rotatable bonds is 2. The maximum absolute atomic E-state index is 6.08. The number of pyridine rings is 1. The maximum atomic E-state index is 6.08. The first kappa shape index (κ1) is 11.9. The zero-order chi connectivity index (χ0) is 12.7. The summed E-state index contributed by atoms with van der Waals surface area (Å²) in [5, 5.41) is 4.31. The minimum absolute atomic E-state index is 0.773. The van der Waals surface area contributed by atoms with E-state index in [2.05, 4.69) is 30.0 Å². The van der Waals surface area contributed by atoms with Gasteiger partial charge in [-0.2, -0.15) is 0 Å². The molecule has 0 unspecified atom stereocenters. The molecule has 0 aliphatic rings. The molecule has 0 atom stereocenters. The summed E-state index contributed by atoms with van der Waals surface area (Å²) in [6.07, 6.45) is 1.92. The van der Waals surface area contributed by atoms with Gasteiger partial charge in [-0.25, -0.2) is 4.98 Å². The Morgan fingerprint density at radius 3 is 2.83 bits per heavy atom. The Bertz CT molecular complexity index is 718. The van der Waals surface area contributed by atoms with Gasteiger partial charge in [0.1, 0.15) is 4.83 Å². The molecule has 0 spiro atoms. The summed E-state index contributed by atoms with van der Waals surface area (Å²) >= 11 is 7.84. The van der Waals surface area contributed by atoms with E-state index in [-0.39, 0.29) is 0 Å². The van der Waals surface area contributed by atoms with Gasteiger partial charge < -0.3 is 4.90 Å². The highest BCUT2D eigenvalue weighted by Gasteiger charge is 2.08. The van der Waals surface area contributed by atoms with Crippen molar-refractivity contribution in [3.8, 4) is 0 Å². The van der Waals surface area contributed by atoms with Gasteiger partial charge in [0, 0.05) is 33.4 Å². The van der Waals surface area contributed by atoms with E-state index in [1.807, 2.05) is 24.4 Å². The topological polar surface area (TPSA) is 16.1 Å². The van der Waals surface area contributed by atoms with Crippen molar-refractivity contribution in [3.05, 3.63) is 40.4 Å². The van der Waals surface area contributed by atoms with Crippen LogP contribution in [0, 0.1) is 0 Å². The molecule has 2 aromatic heterocycles. The number of fused-ring (bicyclic) bond motifs is 3. The minimum Gasteiger partial charge on any atom is -0.304 e. The molecule has 0 saturated heterocycles. The summed E-state index contributed by atoms with van der Waals surface area (Å²) in [5.74, 6) is 0. The second-order valence-electron chi connectivity index (χ2n) is 4.66. The fourth-order valence-electron chi connectivity index (χ4n) is 2.11. The largest absolute Gasteiger partial charge is 0.304 e. The van der Waals surface area contributed by atoms with Crippen molar-refractivity contribution >= 4 is 43.9 Å². The highest BCUT2D eigenvalue weighted by atomic mass is 35.5. The predicted octanol–water partition coefficient (Wildman–Crippen LogP) is 4.16. The highest BCUT2D eigenvalue weighted by Crippen LogP contribution is 2.32. The van der Waals surface area contributed by atoms with Crippen LogP contribution in [0.1, 0.15) is 4.88 Å². The Morgan fingerprint density at radius 1 is 1.22 bits per heavy atom. The molecule has 0 aliphatic heterocycles. The molecule has 0 radical (unpaired) electrons. The van der Waals surface area contributed by atoms with Crippen molar-refractivity contribution in [1.29, 1.82) is 0 Å². The molecule has 18 heavy (non-hydrogen) atoms. The predicted molar refractivity (Wildman–Crippen MR) is 79.5 cm³/mol. The molecule has 92 valence electrons. The smallest absolute Gasteiger partial charge is 0.124 e. The third kappa shape index (κ3) is 2.09. The van der Waals surface area contributed by atoms with Gasteiger partial charge in [0.25, 0.3) is 0 Å². The first-order valence-electron chi connectivity index (χ1n) is 5.75. The van der Waals surface area contributed by atoms with Gasteiger partial charge in [-0.3, -0.25) is 0 Å². The molecule has 0 N–H and O–H groups in total. The van der Waals surface area contributed by atoms with Crippen LogP contribution in [-0.2, 0) is 6.54 Å². The molecule has 0 aliphatic carbocycles. The summed E-state index contributed by atoms with van der Waals surface area (Å²) in [6, 6.07) is 8.18. The van der Waals surface area contributed by atoms with Crippen molar-refractivity contribution in [2.45, 2.75) is 6.54 Å². The van der Waals surface area contributed by atoms with E-state index in [1.165, 1.54) is 15.6 Å². The Kier molecular flexibility index (Phi) is 2.98. The van der Waals surface area contributed by atoms with Crippen molar-refractivity contribution in [2.75, 3.05) is 14.1 Å². The summed E-state index contributed by atoms with van der Waals surface area (Å²) in [4.78, 5) is 9.10. The van der Waals surface area contributed by atoms with E-state index in [4.69, 9.17) is 11.6 Å². The van der Waals surface area contributed by atoms with E-state index in [9.17, 15) is 0 Å². The molecular formula is C14H13ClN2S. The molecule has 0 fully saturated rings. The first-order valence-corrected chi connectivity index (χ1v) is 6.94. The molecular weight excluding hydrogens is 264 g/mol. The van der Waals surface area contributed by atoms with Gasteiger partial charge in [0.05, 0.1) is 0 Å². The normalized spacial score (nSPS) is 11.8. The lowest BCUT2D eigenvalue weighted by atomic mass is 10.1. The van der Waals surface area contributed by atoms with Gasteiger partial charge in [0.2, 0.25) is 0 Å². The zero-order valence-electron chi connectivity index (χ0n) is 10.3. The number of aromatic nitrogens is 1. The van der Waals surface area contributed by atoms with Gasteiger partial charge >= 0.3 is 0 Å². The number of hydrogen-bond acceptors (Lipinski definition) is 3. The number of thiophene rings is 1. The van der Waals surface area contributed by atoms with E-state index < -0.39 is 0 Å². The van der Waals surface area contributed by atoms with Crippen LogP contribution in [0.4, 0.5) is 0 Å². The van der Waals surface area contributed by atoms with Crippen molar-refractivity contribution in [1.82, 2.24) is 9.88 Å². The maximum Gasteiger partial charge on any atom is 0.124 e. The van der Waals surface area contributed by atoms with Crippen molar-refractivity contribution in [2.24, 2.45) is 0 Å². The van der Waals surface area contributed by atoms with Crippen LogP contribution in [0.25, 0.3) is 21.0 Å². The van der Waals surface area contributed by atoms with Crippen LogP contribution in [0.3, 0.4) is 0 Å². The standard InChI is InChI=1S/C14H13ClN2S/c1-17(2)8-11-6-13-12-5-10(15)4-3-9(12)7-16-14(13)18-11/h3-7H,8H2,1-2H3. The van der Waals surface area contributed by atoms with Crippen LogP contribution in [0.15, 0.2) is 30.5 Å². The molecule has 2 nitrogen and oxygen atoms in total. The molecule has 0 bridgehead atoms. The lowest BCUT2D eigenvalue weighted by Gasteiger charge is -2.05. The molecule has 3 aromatic rings. The SMILES string of the molecule is CN(C)Cc1cc2c(ncc3ccc(Cl)cc32)s1. The first-order chi connectivity index (χ1) is 8.63. The fourth-order valence-corrected chi connectivity index (χ4v) is 3.42. The lowest BCUT2D eigenvalue weighted by molar-refractivity contribution is 0.406. The van der Waals surface area contributed by atoms with Crippen LogP contribution in [-0.4, -0.2) is 24.0 Å². The van der Waals surface area contributed by atoms with E-state index >= 15 is 0 Å². The minimum atomic E-state index is 0.773. The molecule has 0 saturated carbocycles. The molecule has 0 amide bonds. The van der Waals surface area contributed by atoms with Crippen LogP contribution in [0.5, 0.6) is 0 Å². The Balaban J connectivity index is 2.25. The quantitative estimate of drug-likeness (QED) is 0.698. The fraction of sp³-hybridized carbons (Fsp3) is 0.214. The molecule has 3 rings (SSSR count). The second kappa shape index (κ2) is 4.50. The zero-order valence-corrected chi connectivity index (χ0v) is 11.8. The molecule has 1 aromatic carbocycles. The van der Waals surface area contributed by atoms with Crippen molar-refractivity contribution in [3.63, 3.8) is 0 Å². The molecule has 2 heterocycles. The number of nitrogens with zero attached hydrogens (tertiary/aromatic N) is 2. The summed E-state index contributed by atoms with van der Waals surface area (Å²) in [6.45, 7) is 0.948. The highest BCUT2D eigenvalue weighted by molar-refractivity contribution is 7.18.